The van der Waals surface area contributed by atoms with Gasteiger partial charge in [-0.15, -0.1) is 0 Å². The van der Waals surface area contributed by atoms with Crippen molar-refractivity contribution in [2.24, 2.45) is 11.7 Å². The summed E-state index contributed by atoms with van der Waals surface area (Å²) in [6.07, 6.45) is 4.03. The zero-order valence-electron chi connectivity index (χ0n) is 12.1. The fraction of sp³-hybridized carbons (Fsp3) is 0.625. The van der Waals surface area contributed by atoms with E-state index in [0.29, 0.717) is 5.92 Å². The van der Waals surface area contributed by atoms with Gasteiger partial charge in [-0.1, -0.05) is 22.9 Å². The average molecular weight is 342 g/mol. The maximum Gasteiger partial charge on any atom is 0.122 e. The van der Waals surface area contributed by atoms with Crippen LogP contribution in [0.2, 0.25) is 0 Å². The molecule has 1 atom stereocenters. The van der Waals surface area contributed by atoms with E-state index in [4.69, 9.17) is 15.2 Å². The Morgan fingerprint density at radius 2 is 2.15 bits per heavy atom. The Morgan fingerprint density at radius 3 is 2.85 bits per heavy atom. The highest BCUT2D eigenvalue weighted by Gasteiger charge is 2.16. The van der Waals surface area contributed by atoms with Gasteiger partial charge in [-0.3, -0.25) is 0 Å². The first-order chi connectivity index (χ1) is 9.69. The van der Waals surface area contributed by atoms with Gasteiger partial charge in [0.05, 0.1) is 6.61 Å². The number of hydrogen-bond acceptors (Lipinski definition) is 3. The van der Waals surface area contributed by atoms with Crippen LogP contribution in [0.15, 0.2) is 22.7 Å². The summed E-state index contributed by atoms with van der Waals surface area (Å²) in [5.41, 5.74) is 7.27. The molecule has 0 aromatic heterocycles. The molecule has 1 aromatic carbocycles. The second-order valence-electron chi connectivity index (χ2n) is 5.49. The molecule has 2 rings (SSSR count). The lowest BCUT2D eigenvalue weighted by Crippen LogP contribution is -2.23. The predicted octanol–water partition coefficient (Wildman–Crippen LogP) is 3.53. The maximum atomic E-state index is 6.08. The summed E-state index contributed by atoms with van der Waals surface area (Å²) in [5.74, 6) is 1.59. The van der Waals surface area contributed by atoms with Crippen molar-refractivity contribution < 1.29 is 9.47 Å². The summed E-state index contributed by atoms with van der Waals surface area (Å²) in [6.45, 7) is 4.62. The largest absolute Gasteiger partial charge is 0.493 e. The van der Waals surface area contributed by atoms with Gasteiger partial charge in [-0.05, 0) is 55.4 Å². The van der Waals surface area contributed by atoms with Crippen molar-refractivity contribution in [2.75, 3.05) is 19.8 Å². The molecule has 0 aliphatic carbocycles. The van der Waals surface area contributed by atoms with Crippen molar-refractivity contribution in [2.45, 2.75) is 38.6 Å². The molecule has 0 radical (unpaired) electrons. The molecule has 1 saturated heterocycles. The Labute approximate surface area is 130 Å². The molecule has 0 saturated carbocycles. The van der Waals surface area contributed by atoms with Crippen molar-refractivity contribution in [3.63, 3.8) is 0 Å². The van der Waals surface area contributed by atoms with E-state index in [0.717, 1.165) is 55.7 Å². The molecule has 112 valence electrons. The number of rotatable bonds is 6. The lowest BCUT2D eigenvalue weighted by molar-refractivity contribution is 0.0496. The van der Waals surface area contributed by atoms with E-state index in [2.05, 4.69) is 28.9 Å². The third-order valence-corrected chi connectivity index (χ3v) is 4.34. The van der Waals surface area contributed by atoms with Gasteiger partial charge in [0.2, 0.25) is 0 Å². The number of halogens is 1. The molecule has 3 nitrogen and oxygen atoms in total. The third-order valence-electron chi connectivity index (χ3n) is 3.84. The predicted molar refractivity (Wildman–Crippen MR) is 85.2 cm³/mol. The standard InChI is InChI=1S/C16H24BrNO2/c1-2-15(18)10-13-9-14(17)3-4-16(13)20-11-12-5-7-19-8-6-12/h3-4,9,12,15H,2,5-8,10-11,18H2,1H3. The van der Waals surface area contributed by atoms with Crippen LogP contribution >= 0.6 is 15.9 Å². The van der Waals surface area contributed by atoms with Crippen molar-refractivity contribution in [3.8, 4) is 5.75 Å². The van der Waals surface area contributed by atoms with Crippen molar-refractivity contribution in [1.82, 2.24) is 0 Å². The van der Waals surface area contributed by atoms with E-state index in [1.54, 1.807) is 0 Å². The average Bonchev–Trinajstić information content (AvgIpc) is 2.47. The number of nitrogens with two attached hydrogens (primary N) is 1. The minimum atomic E-state index is 0.190. The van der Waals surface area contributed by atoms with E-state index in [-0.39, 0.29) is 6.04 Å². The Morgan fingerprint density at radius 1 is 1.40 bits per heavy atom. The van der Waals surface area contributed by atoms with Gasteiger partial charge in [0.25, 0.3) is 0 Å². The van der Waals surface area contributed by atoms with Gasteiger partial charge >= 0.3 is 0 Å². The highest BCUT2D eigenvalue weighted by Crippen LogP contribution is 2.26. The Hall–Kier alpha value is -0.580. The molecule has 0 spiro atoms. The second kappa shape index (κ2) is 8.01. The molecule has 1 aromatic rings. The Kier molecular flexibility index (Phi) is 6.33. The lowest BCUT2D eigenvalue weighted by atomic mass is 10.0. The van der Waals surface area contributed by atoms with Gasteiger partial charge < -0.3 is 15.2 Å². The van der Waals surface area contributed by atoms with Gasteiger partial charge in [0.15, 0.2) is 0 Å². The lowest BCUT2D eigenvalue weighted by Gasteiger charge is -2.23. The molecule has 0 bridgehead atoms. The number of benzene rings is 1. The van der Waals surface area contributed by atoms with Crippen LogP contribution in [0.5, 0.6) is 5.75 Å². The first kappa shape index (κ1) is 15.8. The molecule has 1 fully saturated rings. The fourth-order valence-corrected chi connectivity index (χ4v) is 2.80. The fourth-order valence-electron chi connectivity index (χ4n) is 2.40. The smallest absolute Gasteiger partial charge is 0.122 e. The van der Waals surface area contributed by atoms with Crippen LogP contribution in [-0.4, -0.2) is 25.9 Å². The van der Waals surface area contributed by atoms with Crippen LogP contribution in [0.3, 0.4) is 0 Å². The molecule has 1 heterocycles. The Balaban J connectivity index is 1.98. The highest BCUT2D eigenvalue weighted by molar-refractivity contribution is 9.10. The van der Waals surface area contributed by atoms with Crippen LogP contribution in [0, 0.1) is 5.92 Å². The summed E-state index contributed by atoms with van der Waals surface area (Å²) in [7, 11) is 0. The van der Waals surface area contributed by atoms with E-state index >= 15 is 0 Å². The third kappa shape index (κ3) is 4.76. The summed E-state index contributed by atoms with van der Waals surface area (Å²) in [5, 5.41) is 0. The van der Waals surface area contributed by atoms with Crippen LogP contribution in [-0.2, 0) is 11.2 Å². The Bertz CT molecular complexity index is 419. The summed E-state index contributed by atoms with van der Waals surface area (Å²) in [6, 6.07) is 6.38. The van der Waals surface area contributed by atoms with Crippen LogP contribution in [0.25, 0.3) is 0 Å². The van der Waals surface area contributed by atoms with Gasteiger partial charge in [-0.2, -0.15) is 0 Å². The van der Waals surface area contributed by atoms with Crippen molar-refractivity contribution >= 4 is 15.9 Å². The highest BCUT2D eigenvalue weighted by atomic mass is 79.9. The van der Waals surface area contributed by atoms with Crippen LogP contribution < -0.4 is 10.5 Å². The molecule has 1 aliphatic rings. The SMILES string of the molecule is CCC(N)Cc1cc(Br)ccc1OCC1CCOCC1. The van der Waals surface area contributed by atoms with Crippen molar-refractivity contribution in [3.05, 3.63) is 28.2 Å². The minimum Gasteiger partial charge on any atom is -0.493 e. The molecular weight excluding hydrogens is 318 g/mol. The minimum absolute atomic E-state index is 0.190. The van der Waals surface area contributed by atoms with E-state index in [1.807, 2.05) is 12.1 Å². The van der Waals surface area contributed by atoms with Gasteiger partial charge in [0.1, 0.15) is 5.75 Å². The van der Waals surface area contributed by atoms with E-state index < -0.39 is 0 Å². The molecule has 4 heteroatoms. The molecule has 20 heavy (non-hydrogen) atoms. The summed E-state index contributed by atoms with van der Waals surface area (Å²) < 4.78 is 12.5. The normalized spacial score (nSPS) is 17.9. The topological polar surface area (TPSA) is 44.5 Å². The molecule has 0 amide bonds. The van der Waals surface area contributed by atoms with Crippen LogP contribution in [0.4, 0.5) is 0 Å². The number of hydrogen-bond donors (Lipinski definition) is 1. The van der Waals surface area contributed by atoms with Gasteiger partial charge in [-0.25, -0.2) is 0 Å². The van der Waals surface area contributed by atoms with E-state index in [9.17, 15) is 0 Å². The quantitative estimate of drug-likeness (QED) is 0.860. The summed E-state index contributed by atoms with van der Waals surface area (Å²) in [4.78, 5) is 0. The molecule has 2 N–H and O–H groups in total. The van der Waals surface area contributed by atoms with Crippen molar-refractivity contribution in [1.29, 1.82) is 0 Å². The first-order valence-corrected chi connectivity index (χ1v) is 8.23. The molecule has 1 unspecified atom stereocenters. The first-order valence-electron chi connectivity index (χ1n) is 7.43. The summed E-state index contributed by atoms with van der Waals surface area (Å²) >= 11 is 3.52. The van der Waals surface area contributed by atoms with E-state index in [1.165, 1.54) is 5.56 Å². The zero-order chi connectivity index (χ0) is 14.4. The molecule has 1 aliphatic heterocycles. The van der Waals surface area contributed by atoms with Crippen LogP contribution in [0.1, 0.15) is 31.7 Å². The second-order valence-corrected chi connectivity index (χ2v) is 6.41. The maximum absolute atomic E-state index is 6.08. The number of ether oxygens (including phenoxy) is 2. The zero-order valence-corrected chi connectivity index (χ0v) is 13.7. The monoisotopic (exact) mass is 341 g/mol. The molecular formula is C16H24BrNO2. The van der Waals surface area contributed by atoms with Gasteiger partial charge in [0, 0.05) is 23.7 Å².